The molecule has 0 heterocycles. The molecule has 2 rings (SSSR count). The number of benzene rings is 2. The number of nitrogens with two attached hydrogens (primary N) is 1. The summed E-state index contributed by atoms with van der Waals surface area (Å²) in [5, 5.41) is 0. The molecule has 0 atom stereocenters. The molecule has 0 spiro atoms. The van der Waals surface area contributed by atoms with Crippen LogP contribution in [0.1, 0.15) is 11.1 Å². The SMILES string of the molecule is Cc1cc(-c2ccccc2C(F)(F)F)c(F)cc1N. The van der Waals surface area contributed by atoms with Crippen molar-refractivity contribution in [1.29, 1.82) is 0 Å². The molecule has 2 N–H and O–H groups in total. The van der Waals surface area contributed by atoms with Crippen LogP contribution in [0.15, 0.2) is 36.4 Å². The van der Waals surface area contributed by atoms with Gasteiger partial charge in [0.2, 0.25) is 0 Å². The van der Waals surface area contributed by atoms with Crippen LogP contribution in [0.2, 0.25) is 0 Å². The van der Waals surface area contributed by atoms with E-state index < -0.39 is 17.6 Å². The lowest BCUT2D eigenvalue weighted by Gasteiger charge is -2.14. The third-order valence-electron chi connectivity index (χ3n) is 2.88. The van der Waals surface area contributed by atoms with Gasteiger partial charge >= 0.3 is 6.18 Å². The van der Waals surface area contributed by atoms with Crippen LogP contribution in [-0.4, -0.2) is 0 Å². The molecule has 0 aliphatic carbocycles. The number of aryl methyl sites for hydroxylation is 1. The van der Waals surface area contributed by atoms with E-state index in [1.807, 2.05) is 0 Å². The van der Waals surface area contributed by atoms with Gasteiger partial charge in [0.1, 0.15) is 5.82 Å². The van der Waals surface area contributed by atoms with Crippen LogP contribution >= 0.6 is 0 Å². The van der Waals surface area contributed by atoms with Crippen LogP contribution in [0.25, 0.3) is 11.1 Å². The van der Waals surface area contributed by atoms with E-state index in [0.717, 1.165) is 12.1 Å². The first-order chi connectivity index (χ1) is 8.80. The number of rotatable bonds is 1. The summed E-state index contributed by atoms with van der Waals surface area (Å²) in [5.41, 5.74) is 5.13. The molecule has 2 aromatic carbocycles. The van der Waals surface area contributed by atoms with E-state index >= 15 is 0 Å². The molecule has 0 amide bonds. The normalized spacial score (nSPS) is 11.6. The average Bonchev–Trinajstić information content (AvgIpc) is 2.33. The van der Waals surface area contributed by atoms with E-state index in [4.69, 9.17) is 5.73 Å². The Bertz CT molecular complexity index is 617. The van der Waals surface area contributed by atoms with Gasteiger partial charge in [-0.2, -0.15) is 13.2 Å². The van der Waals surface area contributed by atoms with Crippen molar-refractivity contribution < 1.29 is 17.6 Å². The van der Waals surface area contributed by atoms with E-state index in [9.17, 15) is 17.6 Å². The van der Waals surface area contributed by atoms with Crippen molar-refractivity contribution in [3.8, 4) is 11.1 Å². The summed E-state index contributed by atoms with van der Waals surface area (Å²) in [6.07, 6.45) is -4.53. The van der Waals surface area contributed by atoms with Gasteiger partial charge in [-0.05, 0) is 36.2 Å². The molecule has 0 aromatic heterocycles. The fourth-order valence-electron chi connectivity index (χ4n) is 1.87. The second-order valence-electron chi connectivity index (χ2n) is 4.23. The largest absolute Gasteiger partial charge is 0.417 e. The maximum absolute atomic E-state index is 13.8. The van der Waals surface area contributed by atoms with Gasteiger partial charge in [0.25, 0.3) is 0 Å². The Balaban J connectivity index is 2.70. The molecule has 0 unspecified atom stereocenters. The first kappa shape index (κ1) is 13.4. The highest BCUT2D eigenvalue weighted by Crippen LogP contribution is 2.38. The Morgan fingerprint density at radius 3 is 2.26 bits per heavy atom. The molecule has 0 radical (unpaired) electrons. The molecular weight excluding hydrogens is 258 g/mol. The molecule has 0 saturated heterocycles. The van der Waals surface area contributed by atoms with E-state index in [1.54, 1.807) is 6.92 Å². The Kier molecular flexibility index (Phi) is 3.22. The van der Waals surface area contributed by atoms with E-state index in [-0.39, 0.29) is 16.8 Å². The Labute approximate surface area is 107 Å². The quantitative estimate of drug-likeness (QED) is 0.602. The number of nitrogen functional groups attached to an aromatic ring is 1. The summed E-state index contributed by atoms with van der Waals surface area (Å²) in [6, 6.07) is 7.26. The lowest BCUT2D eigenvalue weighted by Crippen LogP contribution is -2.07. The predicted octanol–water partition coefficient (Wildman–Crippen LogP) is 4.40. The molecule has 0 aliphatic heterocycles. The average molecular weight is 269 g/mol. The minimum absolute atomic E-state index is 0.0976. The third kappa shape index (κ3) is 2.54. The highest BCUT2D eigenvalue weighted by Gasteiger charge is 2.33. The summed E-state index contributed by atoms with van der Waals surface area (Å²) < 4.78 is 52.5. The maximum atomic E-state index is 13.8. The van der Waals surface area contributed by atoms with Crippen LogP contribution in [0, 0.1) is 12.7 Å². The third-order valence-corrected chi connectivity index (χ3v) is 2.88. The van der Waals surface area contributed by atoms with Crippen molar-refractivity contribution in [2.24, 2.45) is 0 Å². The number of anilines is 1. The standard InChI is InChI=1S/C14H11F4N/c1-8-6-10(12(15)7-13(8)19)9-4-2-3-5-11(9)14(16,17)18/h2-7H,19H2,1H3. The first-order valence-electron chi connectivity index (χ1n) is 5.53. The summed E-state index contributed by atoms with van der Waals surface area (Å²) in [6.45, 7) is 1.62. The fourth-order valence-corrected chi connectivity index (χ4v) is 1.87. The molecular formula is C14H11F4N. The zero-order valence-electron chi connectivity index (χ0n) is 10.1. The fraction of sp³-hybridized carbons (Fsp3) is 0.143. The molecule has 19 heavy (non-hydrogen) atoms. The number of hydrogen-bond donors (Lipinski definition) is 1. The lowest BCUT2D eigenvalue weighted by atomic mass is 9.97. The summed E-state index contributed by atoms with van der Waals surface area (Å²) >= 11 is 0. The minimum atomic E-state index is -4.53. The van der Waals surface area contributed by atoms with Gasteiger partial charge in [0, 0.05) is 11.3 Å². The van der Waals surface area contributed by atoms with Gasteiger partial charge in [-0.25, -0.2) is 4.39 Å². The monoisotopic (exact) mass is 269 g/mol. The Hall–Kier alpha value is -2.04. The minimum Gasteiger partial charge on any atom is -0.398 e. The smallest absolute Gasteiger partial charge is 0.398 e. The highest BCUT2D eigenvalue weighted by atomic mass is 19.4. The van der Waals surface area contributed by atoms with E-state index in [1.165, 1.54) is 24.3 Å². The van der Waals surface area contributed by atoms with Crippen LogP contribution in [0.4, 0.5) is 23.2 Å². The van der Waals surface area contributed by atoms with Gasteiger partial charge in [-0.3, -0.25) is 0 Å². The van der Waals surface area contributed by atoms with Gasteiger partial charge < -0.3 is 5.73 Å². The van der Waals surface area contributed by atoms with Gasteiger partial charge in [-0.15, -0.1) is 0 Å². The van der Waals surface area contributed by atoms with Crippen LogP contribution in [-0.2, 0) is 6.18 Å². The van der Waals surface area contributed by atoms with Crippen molar-refractivity contribution in [3.63, 3.8) is 0 Å². The van der Waals surface area contributed by atoms with Crippen molar-refractivity contribution in [3.05, 3.63) is 53.3 Å². The van der Waals surface area contributed by atoms with Crippen LogP contribution in [0.3, 0.4) is 0 Å². The second-order valence-corrected chi connectivity index (χ2v) is 4.23. The molecule has 0 saturated carbocycles. The zero-order valence-corrected chi connectivity index (χ0v) is 10.1. The van der Waals surface area contributed by atoms with Crippen molar-refractivity contribution in [2.45, 2.75) is 13.1 Å². The maximum Gasteiger partial charge on any atom is 0.417 e. The summed E-state index contributed by atoms with van der Waals surface area (Å²) in [4.78, 5) is 0. The zero-order chi connectivity index (χ0) is 14.2. The molecule has 1 nitrogen and oxygen atoms in total. The molecule has 2 aromatic rings. The highest BCUT2D eigenvalue weighted by molar-refractivity contribution is 5.71. The Morgan fingerprint density at radius 2 is 1.63 bits per heavy atom. The van der Waals surface area contributed by atoms with Gasteiger partial charge in [-0.1, -0.05) is 18.2 Å². The topological polar surface area (TPSA) is 26.0 Å². The molecule has 100 valence electrons. The Morgan fingerprint density at radius 1 is 1.00 bits per heavy atom. The predicted molar refractivity (Wildman–Crippen MR) is 66.0 cm³/mol. The summed E-state index contributed by atoms with van der Waals surface area (Å²) in [7, 11) is 0. The van der Waals surface area contributed by atoms with E-state index in [2.05, 4.69) is 0 Å². The van der Waals surface area contributed by atoms with Gasteiger partial charge in [0.15, 0.2) is 0 Å². The van der Waals surface area contributed by atoms with Crippen LogP contribution in [0.5, 0.6) is 0 Å². The van der Waals surface area contributed by atoms with Gasteiger partial charge in [0.05, 0.1) is 5.56 Å². The molecule has 0 fully saturated rings. The van der Waals surface area contributed by atoms with Crippen molar-refractivity contribution >= 4 is 5.69 Å². The second kappa shape index (κ2) is 4.57. The van der Waals surface area contributed by atoms with Crippen LogP contribution < -0.4 is 5.73 Å². The van der Waals surface area contributed by atoms with Crippen molar-refractivity contribution in [1.82, 2.24) is 0 Å². The van der Waals surface area contributed by atoms with E-state index in [0.29, 0.717) is 5.56 Å². The number of hydrogen-bond acceptors (Lipinski definition) is 1. The lowest BCUT2D eigenvalue weighted by molar-refractivity contribution is -0.137. The molecule has 5 heteroatoms. The first-order valence-corrected chi connectivity index (χ1v) is 5.53. The van der Waals surface area contributed by atoms with Crippen molar-refractivity contribution in [2.75, 3.05) is 5.73 Å². The summed E-state index contributed by atoms with van der Waals surface area (Å²) in [5.74, 6) is -0.764. The molecule has 0 bridgehead atoms. The molecule has 0 aliphatic rings. The number of alkyl halides is 3. The number of halogens is 4.